The number of carbonyl (C=O) groups excluding carboxylic acids is 1. The highest BCUT2D eigenvalue weighted by molar-refractivity contribution is 7.89. The van der Waals surface area contributed by atoms with Gasteiger partial charge in [-0.05, 0) is 6.92 Å². The zero-order valence-electron chi connectivity index (χ0n) is 10.5. The molecule has 2 rings (SSSR count). The molecule has 1 aromatic heterocycles. The van der Waals surface area contributed by atoms with Gasteiger partial charge < -0.3 is 9.47 Å². The summed E-state index contributed by atoms with van der Waals surface area (Å²) in [6, 6.07) is 0. The smallest absolute Gasteiger partial charge is 0.342 e. The molecule has 1 N–H and O–H groups in total. The van der Waals surface area contributed by atoms with Crippen LogP contribution in [0.25, 0.3) is 0 Å². The number of nitrogens with one attached hydrogen (secondary N) is 1. The van der Waals surface area contributed by atoms with E-state index in [1.807, 2.05) is 0 Å². The molecular weight excluding hydrogens is 274 g/mol. The molecule has 19 heavy (non-hydrogen) atoms. The van der Waals surface area contributed by atoms with Crippen molar-refractivity contribution in [3.05, 3.63) is 11.8 Å². The van der Waals surface area contributed by atoms with Gasteiger partial charge >= 0.3 is 5.97 Å². The molecule has 0 saturated carbocycles. The summed E-state index contributed by atoms with van der Waals surface area (Å²) in [5.41, 5.74) is -0.0756. The Kier molecular flexibility index (Phi) is 4.17. The average molecular weight is 289 g/mol. The highest BCUT2D eigenvalue weighted by Gasteiger charge is 2.32. The van der Waals surface area contributed by atoms with Crippen LogP contribution in [0.5, 0.6) is 0 Å². The number of rotatable bonds is 4. The maximum absolute atomic E-state index is 12.4. The zero-order valence-corrected chi connectivity index (χ0v) is 11.3. The normalized spacial score (nSPS) is 17.3. The van der Waals surface area contributed by atoms with E-state index < -0.39 is 16.0 Å². The van der Waals surface area contributed by atoms with E-state index in [1.165, 1.54) is 4.31 Å². The summed E-state index contributed by atoms with van der Waals surface area (Å²) in [7, 11) is -3.78. The van der Waals surface area contributed by atoms with Crippen LogP contribution in [0.3, 0.4) is 0 Å². The van der Waals surface area contributed by atoms with Gasteiger partial charge in [0.25, 0.3) is 10.0 Å². The maximum atomic E-state index is 12.4. The van der Waals surface area contributed by atoms with E-state index in [0.29, 0.717) is 13.2 Å². The van der Waals surface area contributed by atoms with E-state index in [9.17, 15) is 13.2 Å². The highest BCUT2D eigenvalue weighted by Crippen LogP contribution is 2.19. The minimum Gasteiger partial charge on any atom is -0.462 e. The van der Waals surface area contributed by atoms with Gasteiger partial charge in [-0.1, -0.05) is 0 Å². The summed E-state index contributed by atoms with van der Waals surface area (Å²) >= 11 is 0. The number of morpholine rings is 1. The predicted molar refractivity (Wildman–Crippen MR) is 64.1 cm³/mol. The van der Waals surface area contributed by atoms with Gasteiger partial charge in [0.05, 0.1) is 26.0 Å². The molecular formula is C10H15N3O5S. The van der Waals surface area contributed by atoms with Gasteiger partial charge in [0.15, 0.2) is 5.03 Å². The number of carbonyl (C=O) groups is 1. The van der Waals surface area contributed by atoms with E-state index in [0.717, 1.165) is 6.20 Å². The number of esters is 1. The monoisotopic (exact) mass is 289 g/mol. The minimum atomic E-state index is -3.78. The average Bonchev–Trinajstić information content (AvgIpc) is 2.90. The fraction of sp³-hybridized carbons (Fsp3) is 0.600. The molecule has 106 valence electrons. The van der Waals surface area contributed by atoms with Gasteiger partial charge in [0.1, 0.15) is 5.56 Å². The Morgan fingerprint density at radius 2 is 2.21 bits per heavy atom. The van der Waals surface area contributed by atoms with Crippen molar-refractivity contribution >= 4 is 16.0 Å². The quantitative estimate of drug-likeness (QED) is 0.757. The van der Waals surface area contributed by atoms with Crippen LogP contribution in [-0.2, 0) is 19.5 Å². The summed E-state index contributed by atoms with van der Waals surface area (Å²) < 4.78 is 35.9. The summed E-state index contributed by atoms with van der Waals surface area (Å²) in [6.45, 7) is 2.99. The maximum Gasteiger partial charge on any atom is 0.342 e. The molecule has 0 unspecified atom stereocenters. The number of aromatic amines is 1. The van der Waals surface area contributed by atoms with E-state index in [2.05, 4.69) is 10.2 Å². The van der Waals surface area contributed by atoms with E-state index in [1.54, 1.807) is 6.92 Å². The standard InChI is InChI=1S/C10H15N3O5S/c1-2-18-10(14)8-7-11-12-9(8)19(15,16)13-3-5-17-6-4-13/h7H,2-6H2,1H3,(H,11,12). The van der Waals surface area contributed by atoms with Crippen LogP contribution in [0, 0.1) is 0 Å². The van der Waals surface area contributed by atoms with Gasteiger partial charge in [0.2, 0.25) is 0 Å². The van der Waals surface area contributed by atoms with Crippen molar-refractivity contribution in [2.75, 3.05) is 32.9 Å². The molecule has 0 amide bonds. The molecule has 1 aliphatic heterocycles. The van der Waals surface area contributed by atoms with Crippen molar-refractivity contribution in [3.63, 3.8) is 0 Å². The van der Waals surface area contributed by atoms with Crippen molar-refractivity contribution in [2.24, 2.45) is 0 Å². The van der Waals surface area contributed by atoms with E-state index in [4.69, 9.17) is 9.47 Å². The molecule has 8 nitrogen and oxygen atoms in total. The molecule has 0 atom stereocenters. The lowest BCUT2D eigenvalue weighted by Gasteiger charge is -2.25. The van der Waals surface area contributed by atoms with Crippen LogP contribution in [0.15, 0.2) is 11.2 Å². The fourth-order valence-corrected chi connectivity index (χ4v) is 3.21. The Balaban J connectivity index is 2.30. The third-order valence-electron chi connectivity index (χ3n) is 2.67. The van der Waals surface area contributed by atoms with Crippen molar-refractivity contribution in [3.8, 4) is 0 Å². The van der Waals surface area contributed by atoms with Crippen LogP contribution in [0.4, 0.5) is 0 Å². The van der Waals surface area contributed by atoms with Crippen LogP contribution in [-0.4, -0.2) is 61.8 Å². The Bertz CT molecular complexity index is 547. The number of hydrogen-bond donors (Lipinski definition) is 1. The first-order valence-corrected chi connectivity index (χ1v) is 7.29. The Labute approximate surface area is 110 Å². The predicted octanol–water partition coefficient (Wildman–Crippen LogP) is -0.393. The molecule has 0 spiro atoms. The molecule has 1 fully saturated rings. The Morgan fingerprint density at radius 1 is 1.53 bits per heavy atom. The second kappa shape index (κ2) is 5.68. The SMILES string of the molecule is CCOC(=O)c1cn[nH]c1S(=O)(=O)N1CCOCC1. The number of sulfonamides is 1. The molecule has 1 aliphatic rings. The number of aromatic nitrogens is 2. The summed E-state index contributed by atoms with van der Waals surface area (Å²) in [5, 5.41) is 5.76. The second-order valence-electron chi connectivity index (χ2n) is 3.85. The first-order chi connectivity index (χ1) is 9.07. The Hall–Kier alpha value is -1.45. The topological polar surface area (TPSA) is 102 Å². The number of hydrogen-bond acceptors (Lipinski definition) is 6. The summed E-state index contributed by atoms with van der Waals surface area (Å²) in [4.78, 5) is 11.7. The summed E-state index contributed by atoms with van der Waals surface area (Å²) in [6.07, 6.45) is 1.16. The lowest BCUT2D eigenvalue weighted by atomic mass is 10.4. The lowest BCUT2D eigenvalue weighted by Crippen LogP contribution is -2.41. The first-order valence-electron chi connectivity index (χ1n) is 5.85. The van der Waals surface area contributed by atoms with Crippen LogP contribution in [0.1, 0.15) is 17.3 Å². The van der Waals surface area contributed by atoms with Crippen LogP contribution in [0.2, 0.25) is 0 Å². The van der Waals surface area contributed by atoms with Crippen molar-refractivity contribution in [2.45, 2.75) is 11.9 Å². The lowest BCUT2D eigenvalue weighted by molar-refractivity contribution is 0.0521. The van der Waals surface area contributed by atoms with Crippen molar-refractivity contribution in [1.29, 1.82) is 0 Å². The Morgan fingerprint density at radius 3 is 2.84 bits per heavy atom. The van der Waals surface area contributed by atoms with Crippen molar-refractivity contribution < 1.29 is 22.7 Å². The van der Waals surface area contributed by atoms with Gasteiger partial charge in [-0.25, -0.2) is 13.2 Å². The van der Waals surface area contributed by atoms with Gasteiger partial charge in [0, 0.05) is 13.1 Å². The first kappa shape index (κ1) is 14.0. The van der Waals surface area contributed by atoms with Crippen LogP contribution < -0.4 is 0 Å². The largest absolute Gasteiger partial charge is 0.462 e. The van der Waals surface area contributed by atoms with Crippen LogP contribution >= 0.6 is 0 Å². The molecule has 2 heterocycles. The molecule has 0 bridgehead atoms. The molecule has 1 saturated heterocycles. The van der Waals surface area contributed by atoms with Crippen molar-refractivity contribution in [1.82, 2.24) is 14.5 Å². The third-order valence-corrected chi connectivity index (χ3v) is 4.54. The second-order valence-corrected chi connectivity index (χ2v) is 5.72. The molecule has 0 radical (unpaired) electrons. The highest BCUT2D eigenvalue weighted by atomic mass is 32.2. The minimum absolute atomic E-state index is 0.0756. The molecule has 9 heteroatoms. The molecule has 1 aromatic rings. The fourth-order valence-electron chi connectivity index (χ4n) is 1.74. The van der Waals surface area contributed by atoms with Gasteiger partial charge in [-0.15, -0.1) is 0 Å². The summed E-state index contributed by atoms with van der Waals surface area (Å²) in [5.74, 6) is -0.705. The van der Waals surface area contributed by atoms with E-state index in [-0.39, 0.29) is 30.3 Å². The molecule has 0 aliphatic carbocycles. The number of ether oxygens (including phenoxy) is 2. The zero-order chi connectivity index (χ0) is 13.9. The van der Waals surface area contributed by atoms with Gasteiger partial charge in [-0.2, -0.15) is 9.40 Å². The third kappa shape index (κ3) is 2.77. The van der Waals surface area contributed by atoms with E-state index >= 15 is 0 Å². The number of H-pyrrole nitrogens is 1. The molecule has 0 aromatic carbocycles. The number of nitrogens with zero attached hydrogens (tertiary/aromatic N) is 2. The van der Waals surface area contributed by atoms with Gasteiger partial charge in [-0.3, -0.25) is 5.10 Å².